The molecule has 0 amide bonds. The van der Waals surface area contributed by atoms with Gasteiger partial charge in [0.25, 0.3) is 0 Å². The molecule has 1 spiro atoms. The van der Waals surface area contributed by atoms with Gasteiger partial charge in [0, 0.05) is 18.3 Å². The summed E-state index contributed by atoms with van der Waals surface area (Å²) in [5.74, 6) is -0.286. The van der Waals surface area contributed by atoms with Gasteiger partial charge in [-0.2, -0.15) is 0 Å². The van der Waals surface area contributed by atoms with Crippen LogP contribution in [0, 0.1) is 30.6 Å². The monoisotopic (exact) mass is 402 g/mol. The Labute approximate surface area is 171 Å². The van der Waals surface area contributed by atoms with Gasteiger partial charge in [0.2, 0.25) is 12.1 Å². The average molecular weight is 402 g/mol. The van der Waals surface area contributed by atoms with Crippen molar-refractivity contribution in [1.29, 1.82) is 0 Å². The van der Waals surface area contributed by atoms with E-state index in [0.29, 0.717) is 17.4 Å². The van der Waals surface area contributed by atoms with Crippen molar-refractivity contribution < 1.29 is 28.8 Å². The van der Waals surface area contributed by atoms with Gasteiger partial charge in [0.1, 0.15) is 0 Å². The molecule has 8 atom stereocenters. The van der Waals surface area contributed by atoms with Crippen molar-refractivity contribution in [3.8, 4) is 0 Å². The van der Waals surface area contributed by atoms with Crippen LogP contribution in [-0.2, 0) is 24.0 Å². The summed E-state index contributed by atoms with van der Waals surface area (Å²) in [6.07, 6.45) is 2.55. The SMILES string of the molecule is Cc1ccc(C(=O)O[C@@H]2O[C@@H]3OC4(C)CC[C@H]5[C@H](C)CC[C@@H]([C@H]2C)[C@@]35OO4)cc1. The summed E-state index contributed by atoms with van der Waals surface area (Å²) < 4.78 is 18.4. The second-order valence-electron chi connectivity index (χ2n) is 9.55. The molecule has 29 heavy (non-hydrogen) atoms. The number of aryl methyl sites for hydroxylation is 1. The van der Waals surface area contributed by atoms with E-state index < -0.39 is 24.0 Å². The lowest BCUT2D eigenvalue weighted by Crippen LogP contribution is -2.70. The first-order valence-electron chi connectivity index (χ1n) is 10.8. The van der Waals surface area contributed by atoms with E-state index in [1.54, 1.807) is 12.1 Å². The van der Waals surface area contributed by atoms with Crippen LogP contribution in [0.2, 0.25) is 0 Å². The molecule has 158 valence electrons. The summed E-state index contributed by atoms with van der Waals surface area (Å²) in [7, 11) is 0. The first-order valence-corrected chi connectivity index (χ1v) is 10.8. The van der Waals surface area contributed by atoms with Gasteiger partial charge in [0.15, 0.2) is 11.9 Å². The predicted molar refractivity (Wildman–Crippen MR) is 103 cm³/mol. The minimum Gasteiger partial charge on any atom is -0.432 e. The molecule has 1 saturated carbocycles. The van der Waals surface area contributed by atoms with E-state index in [-0.39, 0.29) is 17.8 Å². The molecule has 4 aliphatic heterocycles. The average Bonchev–Trinajstić information content (AvgIpc) is 2.92. The topological polar surface area (TPSA) is 63.2 Å². The van der Waals surface area contributed by atoms with Crippen LogP contribution >= 0.6 is 0 Å². The zero-order chi connectivity index (χ0) is 20.4. The Morgan fingerprint density at radius 1 is 1.07 bits per heavy atom. The Bertz CT molecular complexity index is 793. The van der Waals surface area contributed by atoms with Crippen molar-refractivity contribution in [3.63, 3.8) is 0 Å². The van der Waals surface area contributed by atoms with Crippen molar-refractivity contribution in [1.82, 2.24) is 0 Å². The first-order chi connectivity index (χ1) is 13.8. The van der Waals surface area contributed by atoms with E-state index in [0.717, 1.165) is 31.2 Å². The Morgan fingerprint density at radius 3 is 2.59 bits per heavy atom. The molecule has 5 fully saturated rings. The Morgan fingerprint density at radius 2 is 1.83 bits per heavy atom. The van der Waals surface area contributed by atoms with Crippen LogP contribution < -0.4 is 0 Å². The maximum atomic E-state index is 12.7. The van der Waals surface area contributed by atoms with Gasteiger partial charge in [0.05, 0.1) is 5.56 Å². The van der Waals surface area contributed by atoms with E-state index in [1.165, 1.54) is 0 Å². The molecule has 6 nitrogen and oxygen atoms in total. The highest BCUT2D eigenvalue weighted by molar-refractivity contribution is 5.89. The molecule has 1 aromatic rings. The normalized spacial score (nSPS) is 45.9. The van der Waals surface area contributed by atoms with Gasteiger partial charge in [-0.3, -0.25) is 0 Å². The van der Waals surface area contributed by atoms with Crippen molar-refractivity contribution >= 4 is 5.97 Å². The van der Waals surface area contributed by atoms with Crippen LogP contribution in [0.4, 0.5) is 0 Å². The minimum absolute atomic E-state index is 0.0229. The maximum Gasteiger partial charge on any atom is 0.340 e. The number of rotatable bonds is 2. The van der Waals surface area contributed by atoms with Crippen molar-refractivity contribution in [3.05, 3.63) is 35.4 Å². The molecule has 6 rings (SSSR count). The third kappa shape index (κ3) is 2.95. The van der Waals surface area contributed by atoms with Gasteiger partial charge >= 0.3 is 5.97 Å². The fraction of sp³-hybridized carbons (Fsp3) is 0.696. The summed E-state index contributed by atoms with van der Waals surface area (Å²) >= 11 is 0. The second-order valence-corrected chi connectivity index (χ2v) is 9.55. The molecule has 0 radical (unpaired) electrons. The molecular weight excluding hydrogens is 372 g/mol. The molecule has 6 heteroatoms. The molecule has 1 aliphatic carbocycles. The highest BCUT2D eigenvalue weighted by Crippen LogP contribution is 2.60. The van der Waals surface area contributed by atoms with Crippen LogP contribution in [0.1, 0.15) is 62.4 Å². The Hall–Kier alpha value is -1.47. The lowest BCUT2D eigenvalue weighted by atomic mass is 9.58. The third-order valence-electron chi connectivity index (χ3n) is 7.61. The van der Waals surface area contributed by atoms with E-state index in [9.17, 15) is 4.79 Å². The number of benzene rings is 1. The first kappa shape index (κ1) is 19.5. The standard InChI is InChI=1S/C23H30O6/c1-13-5-8-16(9-6-13)19(24)25-20-15(3)18-10-7-14(2)17-11-12-22(4)27-21(26-20)23(17,18)29-28-22/h5-6,8-9,14-15,17-18,20-21H,7,10-12H2,1-4H3/t14-,15-,17+,18+,20-,21-,22?,23-/m1/s1. The van der Waals surface area contributed by atoms with Crippen molar-refractivity contribution in [2.75, 3.05) is 0 Å². The van der Waals surface area contributed by atoms with Crippen LogP contribution in [0.15, 0.2) is 24.3 Å². The van der Waals surface area contributed by atoms with Crippen LogP contribution in [0.3, 0.4) is 0 Å². The molecular formula is C23H30O6. The summed E-state index contributed by atoms with van der Waals surface area (Å²) in [5.41, 5.74) is 0.984. The van der Waals surface area contributed by atoms with E-state index >= 15 is 0 Å². The summed E-state index contributed by atoms with van der Waals surface area (Å²) in [4.78, 5) is 24.7. The highest BCUT2D eigenvalue weighted by atomic mass is 17.3. The van der Waals surface area contributed by atoms with E-state index in [4.69, 9.17) is 24.0 Å². The van der Waals surface area contributed by atoms with Gasteiger partial charge in [-0.15, -0.1) is 0 Å². The van der Waals surface area contributed by atoms with Gasteiger partial charge in [-0.1, -0.05) is 31.5 Å². The summed E-state index contributed by atoms with van der Waals surface area (Å²) in [6, 6.07) is 7.38. The Kier molecular flexibility index (Phi) is 4.55. The molecule has 1 unspecified atom stereocenters. The van der Waals surface area contributed by atoms with Gasteiger partial charge in [-0.25, -0.2) is 14.6 Å². The zero-order valence-electron chi connectivity index (χ0n) is 17.6. The van der Waals surface area contributed by atoms with E-state index in [1.807, 2.05) is 26.0 Å². The summed E-state index contributed by atoms with van der Waals surface area (Å²) in [5, 5.41) is 0. The number of carbonyl (C=O) groups excluding carboxylic acids is 1. The zero-order valence-corrected chi connectivity index (χ0v) is 17.6. The molecule has 2 bridgehead atoms. The molecule has 5 aliphatic rings. The molecule has 0 aromatic heterocycles. The smallest absolute Gasteiger partial charge is 0.340 e. The number of hydrogen-bond acceptors (Lipinski definition) is 6. The van der Waals surface area contributed by atoms with Crippen molar-refractivity contribution in [2.24, 2.45) is 23.7 Å². The third-order valence-corrected chi connectivity index (χ3v) is 7.61. The maximum absolute atomic E-state index is 12.7. The molecule has 4 heterocycles. The molecule has 0 N–H and O–H groups in total. The van der Waals surface area contributed by atoms with Crippen molar-refractivity contribution in [2.45, 2.75) is 77.3 Å². The minimum atomic E-state index is -0.830. The second kappa shape index (κ2) is 6.77. The lowest BCUT2D eigenvalue weighted by Gasteiger charge is -2.59. The van der Waals surface area contributed by atoms with Crippen LogP contribution in [0.5, 0.6) is 0 Å². The number of fused-ring (bicyclic) bond motifs is 2. The fourth-order valence-electron chi connectivity index (χ4n) is 5.87. The van der Waals surface area contributed by atoms with Crippen LogP contribution in [-0.4, -0.2) is 29.9 Å². The summed E-state index contributed by atoms with van der Waals surface area (Å²) in [6.45, 7) is 8.25. The molecule has 1 aromatic carbocycles. The number of ether oxygens (including phenoxy) is 3. The number of hydrogen-bond donors (Lipinski definition) is 0. The van der Waals surface area contributed by atoms with Gasteiger partial charge < -0.3 is 14.2 Å². The largest absolute Gasteiger partial charge is 0.432 e. The van der Waals surface area contributed by atoms with E-state index in [2.05, 4.69) is 13.8 Å². The molecule has 4 saturated heterocycles. The number of esters is 1. The Balaban J connectivity index is 1.44. The van der Waals surface area contributed by atoms with Crippen LogP contribution in [0.25, 0.3) is 0 Å². The van der Waals surface area contributed by atoms with Gasteiger partial charge in [-0.05, 0) is 57.1 Å². The number of carbonyl (C=O) groups is 1. The highest BCUT2D eigenvalue weighted by Gasteiger charge is 2.69. The fourth-order valence-corrected chi connectivity index (χ4v) is 5.87. The predicted octanol–water partition coefficient (Wildman–Crippen LogP) is 4.36. The quantitative estimate of drug-likeness (QED) is 0.541. The lowest BCUT2D eigenvalue weighted by molar-refractivity contribution is -0.576.